The molecule has 2 nitrogen and oxygen atoms in total. The SMILES string of the molecule is CCSc1ccc(C(O)CCNC)cc1. The maximum absolute atomic E-state index is 9.83. The number of aliphatic hydroxyl groups excluding tert-OH is 1. The smallest absolute Gasteiger partial charge is 0.0802 e. The van der Waals surface area contributed by atoms with E-state index in [4.69, 9.17) is 0 Å². The van der Waals surface area contributed by atoms with Gasteiger partial charge in [0.1, 0.15) is 0 Å². The first-order valence-electron chi connectivity index (χ1n) is 5.33. The van der Waals surface area contributed by atoms with Gasteiger partial charge in [0.25, 0.3) is 0 Å². The van der Waals surface area contributed by atoms with Crippen LogP contribution in [0.4, 0.5) is 0 Å². The average molecular weight is 225 g/mol. The monoisotopic (exact) mass is 225 g/mol. The molecule has 84 valence electrons. The molecule has 0 aliphatic heterocycles. The Morgan fingerprint density at radius 1 is 1.33 bits per heavy atom. The maximum atomic E-state index is 9.83. The van der Waals surface area contributed by atoms with Crippen LogP contribution in [0.5, 0.6) is 0 Å². The van der Waals surface area contributed by atoms with Crippen LogP contribution in [0.3, 0.4) is 0 Å². The molecule has 0 aliphatic rings. The summed E-state index contributed by atoms with van der Waals surface area (Å²) in [6, 6.07) is 8.18. The number of aliphatic hydroxyl groups is 1. The molecule has 1 aromatic rings. The minimum atomic E-state index is -0.349. The summed E-state index contributed by atoms with van der Waals surface area (Å²) >= 11 is 1.82. The van der Waals surface area contributed by atoms with Gasteiger partial charge in [0, 0.05) is 4.90 Å². The zero-order chi connectivity index (χ0) is 11.1. The van der Waals surface area contributed by atoms with Crippen molar-refractivity contribution in [1.29, 1.82) is 0 Å². The van der Waals surface area contributed by atoms with Crippen LogP contribution < -0.4 is 5.32 Å². The number of rotatable bonds is 6. The van der Waals surface area contributed by atoms with Crippen LogP contribution in [0.1, 0.15) is 25.0 Å². The van der Waals surface area contributed by atoms with Gasteiger partial charge in [-0.25, -0.2) is 0 Å². The van der Waals surface area contributed by atoms with Crippen molar-refractivity contribution in [2.45, 2.75) is 24.3 Å². The molecule has 0 fully saturated rings. The van der Waals surface area contributed by atoms with Gasteiger partial charge in [-0.2, -0.15) is 0 Å². The van der Waals surface area contributed by atoms with Gasteiger partial charge in [-0.05, 0) is 43.5 Å². The van der Waals surface area contributed by atoms with Gasteiger partial charge < -0.3 is 10.4 Å². The van der Waals surface area contributed by atoms with Crippen LogP contribution in [0.2, 0.25) is 0 Å². The van der Waals surface area contributed by atoms with E-state index in [2.05, 4.69) is 24.4 Å². The molecule has 0 aliphatic carbocycles. The highest BCUT2D eigenvalue weighted by molar-refractivity contribution is 7.99. The van der Waals surface area contributed by atoms with E-state index in [1.807, 2.05) is 30.9 Å². The molecule has 0 saturated heterocycles. The highest BCUT2D eigenvalue weighted by Gasteiger charge is 2.06. The molecule has 15 heavy (non-hydrogen) atoms. The van der Waals surface area contributed by atoms with E-state index in [1.54, 1.807) is 0 Å². The zero-order valence-corrected chi connectivity index (χ0v) is 10.2. The lowest BCUT2D eigenvalue weighted by Crippen LogP contribution is -2.11. The van der Waals surface area contributed by atoms with Crippen molar-refractivity contribution in [1.82, 2.24) is 5.32 Å². The molecule has 0 spiro atoms. The predicted molar refractivity (Wildman–Crippen MR) is 66.3 cm³/mol. The molecular weight excluding hydrogens is 206 g/mol. The summed E-state index contributed by atoms with van der Waals surface area (Å²) in [5.74, 6) is 1.08. The zero-order valence-electron chi connectivity index (χ0n) is 9.36. The average Bonchev–Trinajstić information content (AvgIpc) is 2.27. The molecule has 1 rings (SSSR count). The normalized spacial score (nSPS) is 12.7. The van der Waals surface area contributed by atoms with E-state index in [1.165, 1.54) is 4.90 Å². The van der Waals surface area contributed by atoms with Crippen LogP contribution in [0, 0.1) is 0 Å². The third kappa shape index (κ3) is 4.24. The number of thioether (sulfide) groups is 1. The highest BCUT2D eigenvalue weighted by atomic mass is 32.2. The summed E-state index contributed by atoms with van der Waals surface area (Å²) in [6.45, 7) is 2.98. The Hall–Kier alpha value is -0.510. The summed E-state index contributed by atoms with van der Waals surface area (Å²) in [5, 5.41) is 12.9. The topological polar surface area (TPSA) is 32.3 Å². The molecular formula is C12H19NOS. The van der Waals surface area contributed by atoms with Crippen molar-refractivity contribution in [3.63, 3.8) is 0 Å². The minimum Gasteiger partial charge on any atom is -0.388 e. The molecule has 0 bridgehead atoms. The van der Waals surface area contributed by atoms with E-state index in [-0.39, 0.29) is 6.10 Å². The maximum Gasteiger partial charge on any atom is 0.0802 e. The summed E-state index contributed by atoms with van der Waals surface area (Å²) in [6.07, 6.45) is 0.412. The summed E-state index contributed by atoms with van der Waals surface area (Å²) < 4.78 is 0. The Morgan fingerprint density at radius 3 is 2.53 bits per heavy atom. The van der Waals surface area contributed by atoms with Gasteiger partial charge in [0.2, 0.25) is 0 Å². The van der Waals surface area contributed by atoms with E-state index in [0.29, 0.717) is 0 Å². The van der Waals surface area contributed by atoms with E-state index < -0.39 is 0 Å². The first kappa shape index (κ1) is 12.6. The molecule has 2 N–H and O–H groups in total. The number of hydrogen-bond donors (Lipinski definition) is 2. The fourth-order valence-electron chi connectivity index (χ4n) is 1.40. The Labute approximate surface area is 96.1 Å². The Morgan fingerprint density at radius 2 is 2.00 bits per heavy atom. The summed E-state index contributed by atoms with van der Waals surface area (Å²) in [5.41, 5.74) is 1.01. The van der Waals surface area contributed by atoms with Crippen LogP contribution in [0.25, 0.3) is 0 Å². The largest absolute Gasteiger partial charge is 0.388 e. The second-order valence-electron chi connectivity index (χ2n) is 3.41. The van der Waals surface area contributed by atoms with Gasteiger partial charge in [0.05, 0.1) is 6.10 Å². The van der Waals surface area contributed by atoms with Crippen molar-refractivity contribution in [3.8, 4) is 0 Å². The van der Waals surface area contributed by atoms with E-state index >= 15 is 0 Å². The molecule has 3 heteroatoms. The first-order chi connectivity index (χ1) is 7.27. The fourth-order valence-corrected chi connectivity index (χ4v) is 2.06. The lowest BCUT2D eigenvalue weighted by atomic mass is 10.1. The van der Waals surface area contributed by atoms with Gasteiger partial charge in [0.15, 0.2) is 0 Å². The van der Waals surface area contributed by atoms with Crippen molar-refractivity contribution in [2.75, 3.05) is 19.3 Å². The van der Waals surface area contributed by atoms with Crippen LogP contribution in [0.15, 0.2) is 29.2 Å². The van der Waals surface area contributed by atoms with Crippen LogP contribution >= 0.6 is 11.8 Å². The standard InChI is InChI=1S/C12H19NOS/c1-3-15-11-6-4-10(5-7-11)12(14)8-9-13-2/h4-7,12-14H,3,8-9H2,1-2H3. The Balaban J connectivity index is 2.54. The molecule has 0 amide bonds. The molecule has 0 heterocycles. The van der Waals surface area contributed by atoms with Gasteiger partial charge in [-0.1, -0.05) is 19.1 Å². The second-order valence-corrected chi connectivity index (χ2v) is 4.75. The van der Waals surface area contributed by atoms with Crippen molar-refractivity contribution >= 4 is 11.8 Å². The lowest BCUT2D eigenvalue weighted by molar-refractivity contribution is 0.167. The molecule has 0 radical (unpaired) electrons. The number of benzene rings is 1. The van der Waals surface area contributed by atoms with Gasteiger partial charge in [-0.15, -0.1) is 11.8 Å². The predicted octanol–water partition coefficient (Wildman–Crippen LogP) is 2.44. The van der Waals surface area contributed by atoms with Crippen molar-refractivity contribution in [2.24, 2.45) is 0 Å². The Kier molecular flexibility index (Phi) is 5.76. The first-order valence-corrected chi connectivity index (χ1v) is 6.32. The third-order valence-corrected chi connectivity index (χ3v) is 3.14. The quantitative estimate of drug-likeness (QED) is 0.729. The van der Waals surface area contributed by atoms with Gasteiger partial charge in [-0.3, -0.25) is 0 Å². The van der Waals surface area contributed by atoms with Crippen molar-refractivity contribution < 1.29 is 5.11 Å². The molecule has 1 atom stereocenters. The number of nitrogens with one attached hydrogen (secondary N) is 1. The fraction of sp³-hybridized carbons (Fsp3) is 0.500. The molecule has 0 saturated carbocycles. The van der Waals surface area contributed by atoms with Gasteiger partial charge >= 0.3 is 0 Å². The van der Waals surface area contributed by atoms with Crippen LogP contribution in [-0.2, 0) is 0 Å². The summed E-state index contributed by atoms with van der Waals surface area (Å²) in [7, 11) is 1.90. The molecule has 1 unspecified atom stereocenters. The Bertz CT molecular complexity index is 273. The lowest BCUT2D eigenvalue weighted by Gasteiger charge is -2.10. The van der Waals surface area contributed by atoms with E-state index in [0.717, 1.165) is 24.3 Å². The summed E-state index contributed by atoms with van der Waals surface area (Å²) in [4.78, 5) is 1.27. The van der Waals surface area contributed by atoms with Crippen molar-refractivity contribution in [3.05, 3.63) is 29.8 Å². The minimum absolute atomic E-state index is 0.349. The molecule has 0 aromatic heterocycles. The third-order valence-electron chi connectivity index (χ3n) is 2.24. The van der Waals surface area contributed by atoms with Crippen LogP contribution in [-0.4, -0.2) is 24.5 Å². The van der Waals surface area contributed by atoms with E-state index in [9.17, 15) is 5.11 Å². The second kappa shape index (κ2) is 6.88. The molecule has 1 aromatic carbocycles. The number of hydrogen-bond acceptors (Lipinski definition) is 3. The highest BCUT2D eigenvalue weighted by Crippen LogP contribution is 2.21.